The zero-order valence-corrected chi connectivity index (χ0v) is 9.34. The molecule has 1 aromatic carbocycles. The van der Waals surface area contributed by atoms with Crippen molar-refractivity contribution in [3.8, 4) is 0 Å². The average Bonchev–Trinajstić information content (AvgIpc) is 2.12. The maximum Gasteiger partial charge on any atom is 0.0210 e. The van der Waals surface area contributed by atoms with Crippen molar-refractivity contribution in [3.05, 3.63) is 39.9 Å². The lowest BCUT2D eigenvalue weighted by atomic mass is 10.1. The monoisotopic (exact) mass is 239 g/mol. The van der Waals surface area contributed by atoms with Crippen LogP contribution in [0.4, 0.5) is 0 Å². The summed E-state index contributed by atoms with van der Waals surface area (Å²) < 4.78 is 1.15. The normalized spacial score (nSPS) is 11.0. The van der Waals surface area contributed by atoms with Crippen molar-refractivity contribution >= 4 is 22.0 Å². The molecular weight excluding hydrogens is 226 g/mol. The molecule has 13 heavy (non-hydrogen) atoms. The van der Waals surface area contributed by atoms with Crippen LogP contribution in [0.3, 0.4) is 0 Å². The lowest BCUT2D eigenvalue weighted by Crippen LogP contribution is -1.94. The molecule has 0 saturated heterocycles. The molecule has 0 saturated carbocycles. The average molecular weight is 240 g/mol. The van der Waals surface area contributed by atoms with Gasteiger partial charge in [-0.2, -0.15) is 0 Å². The number of rotatable bonds is 3. The Morgan fingerprint density at radius 1 is 1.46 bits per heavy atom. The molecule has 0 fully saturated rings. The van der Waals surface area contributed by atoms with Crippen LogP contribution in [0.2, 0.25) is 0 Å². The van der Waals surface area contributed by atoms with E-state index in [1.807, 2.05) is 0 Å². The Morgan fingerprint density at radius 2 is 2.23 bits per heavy atom. The SMILES string of the molecule is Cc1ccc(/C=C/CCN)cc1Br. The molecule has 1 aromatic rings. The van der Waals surface area contributed by atoms with E-state index in [4.69, 9.17) is 5.73 Å². The largest absolute Gasteiger partial charge is 0.330 e. The number of nitrogens with two attached hydrogens (primary N) is 1. The number of hydrogen-bond donors (Lipinski definition) is 1. The Hall–Kier alpha value is -0.600. The minimum atomic E-state index is 0.712. The molecule has 0 unspecified atom stereocenters. The maximum absolute atomic E-state index is 5.39. The molecule has 0 aromatic heterocycles. The summed E-state index contributed by atoms with van der Waals surface area (Å²) in [7, 11) is 0. The van der Waals surface area contributed by atoms with Crippen LogP contribution in [-0.4, -0.2) is 6.54 Å². The second-order valence-electron chi connectivity index (χ2n) is 2.99. The van der Waals surface area contributed by atoms with E-state index in [2.05, 4.69) is 53.2 Å². The molecule has 2 heteroatoms. The van der Waals surface area contributed by atoms with E-state index in [-0.39, 0.29) is 0 Å². The smallest absolute Gasteiger partial charge is 0.0210 e. The quantitative estimate of drug-likeness (QED) is 0.863. The molecule has 0 amide bonds. The second kappa shape index (κ2) is 5.20. The van der Waals surface area contributed by atoms with Crippen LogP contribution in [0, 0.1) is 6.92 Å². The summed E-state index contributed by atoms with van der Waals surface area (Å²) in [6.07, 6.45) is 5.12. The van der Waals surface area contributed by atoms with Gasteiger partial charge in [0.25, 0.3) is 0 Å². The molecule has 0 atom stereocenters. The van der Waals surface area contributed by atoms with Crippen LogP contribution in [-0.2, 0) is 0 Å². The maximum atomic E-state index is 5.39. The Balaban J connectivity index is 2.73. The highest BCUT2D eigenvalue weighted by Crippen LogP contribution is 2.18. The number of benzene rings is 1. The number of aryl methyl sites for hydroxylation is 1. The first-order valence-electron chi connectivity index (χ1n) is 4.37. The van der Waals surface area contributed by atoms with Crippen molar-refractivity contribution in [2.45, 2.75) is 13.3 Å². The summed E-state index contributed by atoms with van der Waals surface area (Å²) in [6, 6.07) is 6.32. The Morgan fingerprint density at radius 3 is 2.85 bits per heavy atom. The fourth-order valence-electron chi connectivity index (χ4n) is 1.03. The molecule has 0 bridgehead atoms. The van der Waals surface area contributed by atoms with Gasteiger partial charge in [0.05, 0.1) is 0 Å². The third-order valence-electron chi connectivity index (χ3n) is 1.84. The van der Waals surface area contributed by atoms with E-state index in [0.29, 0.717) is 6.54 Å². The molecular formula is C11H14BrN. The molecule has 0 spiro atoms. The van der Waals surface area contributed by atoms with E-state index in [9.17, 15) is 0 Å². The van der Waals surface area contributed by atoms with E-state index < -0.39 is 0 Å². The van der Waals surface area contributed by atoms with Crippen LogP contribution in [0.1, 0.15) is 17.5 Å². The Kier molecular flexibility index (Phi) is 4.19. The molecule has 1 nitrogen and oxygen atoms in total. The number of halogens is 1. The minimum Gasteiger partial charge on any atom is -0.330 e. The first-order valence-corrected chi connectivity index (χ1v) is 5.16. The third-order valence-corrected chi connectivity index (χ3v) is 2.69. The van der Waals surface area contributed by atoms with E-state index >= 15 is 0 Å². The highest BCUT2D eigenvalue weighted by Gasteiger charge is 1.93. The van der Waals surface area contributed by atoms with E-state index in [1.54, 1.807) is 0 Å². The van der Waals surface area contributed by atoms with Crippen molar-refractivity contribution in [2.75, 3.05) is 6.54 Å². The highest BCUT2D eigenvalue weighted by atomic mass is 79.9. The zero-order chi connectivity index (χ0) is 9.68. The van der Waals surface area contributed by atoms with Crippen LogP contribution < -0.4 is 5.73 Å². The van der Waals surface area contributed by atoms with Gasteiger partial charge in [0.2, 0.25) is 0 Å². The van der Waals surface area contributed by atoms with Gasteiger partial charge in [-0.3, -0.25) is 0 Å². The molecule has 0 aliphatic rings. The summed E-state index contributed by atoms with van der Waals surface area (Å²) in [6.45, 7) is 2.79. The van der Waals surface area contributed by atoms with Gasteiger partial charge in [0, 0.05) is 4.47 Å². The van der Waals surface area contributed by atoms with Gasteiger partial charge in [-0.25, -0.2) is 0 Å². The van der Waals surface area contributed by atoms with Gasteiger partial charge in [0.1, 0.15) is 0 Å². The van der Waals surface area contributed by atoms with Crippen LogP contribution in [0.25, 0.3) is 6.08 Å². The van der Waals surface area contributed by atoms with Gasteiger partial charge < -0.3 is 5.73 Å². The molecule has 0 aliphatic carbocycles. The summed E-state index contributed by atoms with van der Waals surface area (Å²) in [5.41, 5.74) is 7.86. The number of hydrogen-bond acceptors (Lipinski definition) is 1. The predicted molar refractivity (Wildman–Crippen MR) is 61.6 cm³/mol. The fourth-order valence-corrected chi connectivity index (χ4v) is 1.42. The summed E-state index contributed by atoms with van der Waals surface area (Å²) in [5.74, 6) is 0. The molecule has 0 radical (unpaired) electrons. The van der Waals surface area contributed by atoms with Gasteiger partial charge in [0.15, 0.2) is 0 Å². The predicted octanol–water partition coefficient (Wildman–Crippen LogP) is 3.12. The summed E-state index contributed by atoms with van der Waals surface area (Å²) in [5, 5.41) is 0. The highest BCUT2D eigenvalue weighted by molar-refractivity contribution is 9.10. The van der Waals surface area contributed by atoms with Crippen molar-refractivity contribution in [1.82, 2.24) is 0 Å². The summed E-state index contributed by atoms with van der Waals surface area (Å²) in [4.78, 5) is 0. The van der Waals surface area contributed by atoms with Crippen LogP contribution in [0.15, 0.2) is 28.7 Å². The molecule has 0 aliphatic heterocycles. The first kappa shape index (κ1) is 10.5. The van der Waals surface area contributed by atoms with Crippen molar-refractivity contribution in [3.63, 3.8) is 0 Å². The second-order valence-corrected chi connectivity index (χ2v) is 3.84. The molecule has 2 N–H and O–H groups in total. The Bertz CT molecular complexity index is 305. The molecule has 0 heterocycles. The van der Waals surface area contributed by atoms with Gasteiger partial charge >= 0.3 is 0 Å². The lowest BCUT2D eigenvalue weighted by molar-refractivity contribution is 1.01. The van der Waals surface area contributed by atoms with Gasteiger partial charge in [-0.05, 0) is 37.1 Å². The fraction of sp³-hybridized carbons (Fsp3) is 0.273. The summed E-state index contributed by atoms with van der Waals surface area (Å²) >= 11 is 3.50. The van der Waals surface area contributed by atoms with Crippen LogP contribution >= 0.6 is 15.9 Å². The van der Waals surface area contributed by atoms with Crippen molar-refractivity contribution < 1.29 is 0 Å². The standard InChI is InChI=1S/C11H14BrN/c1-9-5-6-10(8-11(9)12)4-2-3-7-13/h2,4-6,8H,3,7,13H2,1H3/b4-2+. The third kappa shape index (κ3) is 3.33. The molecule has 1 rings (SSSR count). The topological polar surface area (TPSA) is 26.0 Å². The zero-order valence-electron chi connectivity index (χ0n) is 7.76. The first-order chi connectivity index (χ1) is 6.24. The van der Waals surface area contributed by atoms with Gasteiger partial charge in [-0.15, -0.1) is 0 Å². The van der Waals surface area contributed by atoms with E-state index in [1.165, 1.54) is 11.1 Å². The van der Waals surface area contributed by atoms with Gasteiger partial charge in [-0.1, -0.05) is 40.2 Å². The lowest BCUT2D eigenvalue weighted by Gasteiger charge is -1.98. The molecule has 70 valence electrons. The van der Waals surface area contributed by atoms with Crippen LogP contribution in [0.5, 0.6) is 0 Å². The van der Waals surface area contributed by atoms with E-state index in [0.717, 1.165) is 10.9 Å². The minimum absolute atomic E-state index is 0.712. The van der Waals surface area contributed by atoms with Crippen molar-refractivity contribution in [2.24, 2.45) is 5.73 Å². The van der Waals surface area contributed by atoms with Crippen molar-refractivity contribution in [1.29, 1.82) is 0 Å². The Labute approximate surface area is 87.8 Å².